The summed E-state index contributed by atoms with van der Waals surface area (Å²) in [5.74, 6) is -0.219. The van der Waals surface area contributed by atoms with E-state index in [-0.39, 0.29) is 15.7 Å². The summed E-state index contributed by atoms with van der Waals surface area (Å²) in [6.07, 6.45) is 0. The molecule has 1 heterocycles. The van der Waals surface area contributed by atoms with Crippen molar-refractivity contribution in [1.29, 1.82) is 0 Å². The van der Waals surface area contributed by atoms with Crippen LogP contribution in [0.5, 0.6) is 0 Å². The molecule has 0 radical (unpaired) electrons. The monoisotopic (exact) mass is 323 g/mol. The summed E-state index contributed by atoms with van der Waals surface area (Å²) >= 11 is 0. The Morgan fingerprint density at radius 2 is 1.57 bits per heavy atom. The van der Waals surface area contributed by atoms with Crippen LogP contribution in [0.4, 0.5) is 11.4 Å². The van der Waals surface area contributed by atoms with Crippen LogP contribution in [-0.2, 0) is 14.6 Å². The molecular formula is C18H13NO3S. The lowest BCUT2D eigenvalue weighted by Crippen LogP contribution is -2.30. The first-order chi connectivity index (χ1) is 11.0. The summed E-state index contributed by atoms with van der Waals surface area (Å²) in [6.45, 7) is 1.44. The van der Waals surface area contributed by atoms with E-state index in [9.17, 15) is 13.2 Å². The molecule has 3 aromatic carbocycles. The number of carbonyl (C=O) groups is 1. The second-order valence-electron chi connectivity index (χ2n) is 5.46. The fourth-order valence-corrected chi connectivity index (χ4v) is 4.96. The summed E-state index contributed by atoms with van der Waals surface area (Å²) in [6, 6.07) is 17.5. The Labute approximate surface area is 133 Å². The van der Waals surface area contributed by atoms with Gasteiger partial charge in [-0.05, 0) is 23.6 Å². The van der Waals surface area contributed by atoms with Gasteiger partial charge in [0.1, 0.15) is 4.90 Å². The fraction of sp³-hybridized carbons (Fsp3) is 0.0556. The third-order valence-electron chi connectivity index (χ3n) is 4.08. The number of benzene rings is 3. The Morgan fingerprint density at radius 3 is 2.35 bits per heavy atom. The molecule has 4 rings (SSSR count). The van der Waals surface area contributed by atoms with Gasteiger partial charge in [-0.1, -0.05) is 42.5 Å². The van der Waals surface area contributed by atoms with Gasteiger partial charge in [0.05, 0.1) is 16.3 Å². The van der Waals surface area contributed by atoms with Gasteiger partial charge in [-0.3, -0.25) is 9.69 Å². The predicted molar refractivity (Wildman–Crippen MR) is 88.7 cm³/mol. The number of nitrogens with zero attached hydrogens (tertiary/aromatic N) is 1. The Balaban J connectivity index is 2.21. The lowest BCUT2D eigenvalue weighted by molar-refractivity contribution is -0.115. The minimum atomic E-state index is -3.69. The highest BCUT2D eigenvalue weighted by atomic mass is 32.2. The van der Waals surface area contributed by atoms with Crippen LogP contribution in [0.1, 0.15) is 6.92 Å². The number of hydrogen-bond donors (Lipinski definition) is 0. The van der Waals surface area contributed by atoms with Crippen molar-refractivity contribution in [3.05, 3.63) is 60.7 Å². The minimum absolute atomic E-state index is 0.166. The lowest BCUT2D eigenvalue weighted by atomic mass is 10.1. The van der Waals surface area contributed by atoms with Crippen molar-refractivity contribution in [1.82, 2.24) is 0 Å². The first-order valence-corrected chi connectivity index (χ1v) is 8.67. The van der Waals surface area contributed by atoms with E-state index >= 15 is 0 Å². The maximum absolute atomic E-state index is 13.1. The molecule has 1 aliphatic heterocycles. The van der Waals surface area contributed by atoms with Gasteiger partial charge in [0.2, 0.25) is 15.7 Å². The molecule has 1 aliphatic rings. The number of anilines is 2. The van der Waals surface area contributed by atoms with Crippen LogP contribution in [0, 0.1) is 0 Å². The van der Waals surface area contributed by atoms with Crippen molar-refractivity contribution in [2.75, 3.05) is 4.90 Å². The number of rotatable bonds is 0. The normalized spacial score (nSPS) is 15.1. The molecule has 0 aliphatic carbocycles. The molecule has 0 aromatic heterocycles. The third kappa shape index (κ3) is 1.83. The quantitative estimate of drug-likeness (QED) is 0.634. The van der Waals surface area contributed by atoms with Crippen LogP contribution >= 0.6 is 0 Å². The fourth-order valence-electron chi connectivity index (χ4n) is 3.14. The van der Waals surface area contributed by atoms with Crippen molar-refractivity contribution >= 4 is 37.9 Å². The van der Waals surface area contributed by atoms with Gasteiger partial charge >= 0.3 is 0 Å². The summed E-state index contributed by atoms with van der Waals surface area (Å²) < 4.78 is 26.3. The van der Waals surface area contributed by atoms with E-state index in [1.807, 2.05) is 18.2 Å². The maximum atomic E-state index is 13.1. The number of amides is 1. The van der Waals surface area contributed by atoms with Crippen LogP contribution in [0.2, 0.25) is 0 Å². The Hall–Kier alpha value is -2.66. The van der Waals surface area contributed by atoms with E-state index in [2.05, 4.69) is 0 Å². The zero-order chi connectivity index (χ0) is 16.2. The molecule has 0 fully saturated rings. The molecule has 3 aromatic rings. The average molecular weight is 323 g/mol. The highest BCUT2D eigenvalue weighted by Crippen LogP contribution is 2.46. The van der Waals surface area contributed by atoms with Gasteiger partial charge in [0, 0.05) is 12.3 Å². The largest absolute Gasteiger partial charge is 0.279 e. The number of carbonyl (C=O) groups excluding carboxylic acids is 1. The topological polar surface area (TPSA) is 54.5 Å². The summed E-state index contributed by atoms with van der Waals surface area (Å²) in [5, 5.41) is 1.46. The van der Waals surface area contributed by atoms with Crippen molar-refractivity contribution < 1.29 is 13.2 Å². The molecule has 0 spiro atoms. The molecule has 5 heteroatoms. The zero-order valence-corrected chi connectivity index (χ0v) is 13.2. The smallest absolute Gasteiger partial charge is 0.228 e. The Morgan fingerprint density at radius 1 is 0.870 bits per heavy atom. The van der Waals surface area contributed by atoms with E-state index in [1.54, 1.807) is 42.5 Å². The van der Waals surface area contributed by atoms with Crippen molar-refractivity contribution in [2.24, 2.45) is 0 Å². The van der Waals surface area contributed by atoms with Crippen LogP contribution in [0.15, 0.2) is 70.5 Å². The number of sulfone groups is 1. The molecule has 0 bridgehead atoms. The van der Waals surface area contributed by atoms with Gasteiger partial charge in [-0.2, -0.15) is 0 Å². The molecule has 0 N–H and O–H groups in total. The standard InChI is InChI=1S/C18H13NO3S/c1-12(20)19-15-8-4-5-9-17(15)23(21,22)18-14-7-3-2-6-13(14)10-11-16(18)19/h2-11H,1H3. The SMILES string of the molecule is CC(=O)N1c2ccccc2S(=O)(=O)c2c1ccc1ccccc21. The van der Waals surface area contributed by atoms with E-state index in [1.165, 1.54) is 11.8 Å². The van der Waals surface area contributed by atoms with Crippen LogP contribution in [0.25, 0.3) is 10.8 Å². The first kappa shape index (κ1) is 14.0. The summed E-state index contributed by atoms with van der Waals surface area (Å²) in [5.41, 5.74) is 0.817. The third-order valence-corrected chi connectivity index (χ3v) is 5.97. The average Bonchev–Trinajstić information content (AvgIpc) is 2.54. The molecule has 114 valence electrons. The van der Waals surface area contributed by atoms with Gasteiger partial charge in [-0.25, -0.2) is 8.42 Å². The van der Waals surface area contributed by atoms with E-state index in [4.69, 9.17) is 0 Å². The lowest BCUT2D eigenvalue weighted by Gasteiger charge is -2.31. The molecule has 0 atom stereocenters. The van der Waals surface area contributed by atoms with E-state index in [0.29, 0.717) is 16.8 Å². The molecule has 0 saturated carbocycles. The van der Waals surface area contributed by atoms with Crippen molar-refractivity contribution in [2.45, 2.75) is 16.7 Å². The van der Waals surface area contributed by atoms with Gasteiger partial charge < -0.3 is 0 Å². The number of para-hydroxylation sites is 1. The Kier molecular flexibility index (Phi) is 2.83. The molecule has 1 amide bonds. The highest BCUT2D eigenvalue weighted by molar-refractivity contribution is 7.92. The van der Waals surface area contributed by atoms with E-state index < -0.39 is 9.84 Å². The number of hydrogen-bond acceptors (Lipinski definition) is 3. The first-order valence-electron chi connectivity index (χ1n) is 7.18. The summed E-state index contributed by atoms with van der Waals surface area (Å²) in [4.78, 5) is 14.0. The van der Waals surface area contributed by atoms with Gasteiger partial charge in [0.25, 0.3) is 0 Å². The van der Waals surface area contributed by atoms with Gasteiger partial charge in [-0.15, -0.1) is 0 Å². The number of fused-ring (bicyclic) bond motifs is 4. The molecule has 4 nitrogen and oxygen atoms in total. The summed E-state index contributed by atoms with van der Waals surface area (Å²) in [7, 11) is -3.69. The van der Waals surface area contributed by atoms with Crippen LogP contribution in [0.3, 0.4) is 0 Å². The molecule has 0 unspecified atom stereocenters. The Bertz CT molecular complexity index is 1070. The van der Waals surface area contributed by atoms with Crippen molar-refractivity contribution in [3.8, 4) is 0 Å². The molecule has 23 heavy (non-hydrogen) atoms. The predicted octanol–water partition coefficient (Wildman–Crippen LogP) is 3.67. The second kappa shape index (κ2) is 4.67. The van der Waals surface area contributed by atoms with Gasteiger partial charge in [0.15, 0.2) is 0 Å². The second-order valence-corrected chi connectivity index (χ2v) is 7.32. The zero-order valence-electron chi connectivity index (χ0n) is 12.4. The van der Waals surface area contributed by atoms with E-state index in [0.717, 1.165) is 5.39 Å². The van der Waals surface area contributed by atoms with Crippen LogP contribution in [-0.4, -0.2) is 14.3 Å². The minimum Gasteiger partial charge on any atom is -0.279 e. The maximum Gasteiger partial charge on any atom is 0.228 e. The molecule has 0 saturated heterocycles. The highest BCUT2D eigenvalue weighted by Gasteiger charge is 2.36. The molecular weight excluding hydrogens is 310 g/mol. The van der Waals surface area contributed by atoms with Crippen LogP contribution < -0.4 is 4.90 Å². The van der Waals surface area contributed by atoms with Crippen molar-refractivity contribution in [3.63, 3.8) is 0 Å².